The van der Waals surface area contributed by atoms with Crippen LogP contribution in [0.1, 0.15) is 0 Å². The third kappa shape index (κ3) is 6.67. The first kappa shape index (κ1) is 36.3. The van der Waals surface area contributed by atoms with Crippen molar-refractivity contribution in [2.24, 2.45) is 0 Å². The lowest BCUT2D eigenvalue weighted by Crippen LogP contribution is -2.62. The lowest BCUT2D eigenvalue weighted by molar-refractivity contribution is -0.323. The van der Waals surface area contributed by atoms with Gasteiger partial charge in [0, 0.05) is 17.7 Å². The van der Waals surface area contributed by atoms with Crippen LogP contribution in [0.5, 0.6) is 34.5 Å². The van der Waals surface area contributed by atoms with Gasteiger partial charge in [0.1, 0.15) is 72.0 Å². The van der Waals surface area contributed by atoms with E-state index < -0.39 is 85.8 Å². The Kier molecular flexibility index (Phi) is 11.0. The molecule has 3 aromatic rings. The Bertz CT molecular complexity index is 1670. The first-order chi connectivity index (χ1) is 23.4. The van der Waals surface area contributed by atoms with Crippen molar-refractivity contribution in [3.63, 3.8) is 0 Å². The summed E-state index contributed by atoms with van der Waals surface area (Å²) in [5.41, 5.74) is -0.689. The molecule has 18 nitrogen and oxygen atoms in total. The molecule has 18 heteroatoms. The second-order valence-corrected chi connectivity index (χ2v) is 11.2. The first-order valence-corrected chi connectivity index (χ1v) is 14.8. The highest BCUT2D eigenvalue weighted by atomic mass is 16.7. The van der Waals surface area contributed by atoms with Gasteiger partial charge in [-0.1, -0.05) is 0 Å². The molecule has 2 aliphatic heterocycles. The number of hydrogen-bond acceptors (Lipinski definition) is 18. The molecule has 2 aliphatic rings. The number of aliphatic hydroxyl groups excluding tert-OH is 7. The summed E-state index contributed by atoms with van der Waals surface area (Å²) in [5.74, 6) is -0.251. The molecule has 0 radical (unpaired) electrons. The Morgan fingerprint density at radius 2 is 1.27 bits per heavy atom. The largest absolute Gasteiger partial charge is 0.507 e. The van der Waals surface area contributed by atoms with Crippen molar-refractivity contribution in [3.8, 4) is 45.6 Å². The topological polar surface area (TPSA) is 266 Å². The smallest absolute Gasteiger partial charge is 0.229 e. The average molecular weight is 699 g/mol. The zero-order valence-corrected chi connectivity index (χ0v) is 26.7. The summed E-state index contributed by atoms with van der Waals surface area (Å²) in [6, 6.07) is 4.01. The van der Waals surface area contributed by atoms with Gasteiger partial charge in [-0.15, -0.1) is 0 Å². The molecule has 3 heterocycles. The number of hydrogen-bond donors (Lipinski definition) is 8. The fourth-order valence-corrected chi connectivity index (χ4v) is 5.62. The minimum Gasteiger partial charge on any atom is -0.507 e. The molecule has 2 fully saturated rings. The van der Waals surface area contributed by atoms with Crippen molar-refractivity contribution >= 4 is 11.0 Å². The van der Waals surface area contributed by atoms with Gasteiger partial charge in [0.05, 0.1) is 47.2 Å². The summed E-state index contributed by atoms with van der Waals surface area (Å²) in [6.07, 6.45) is -15.5. The number of aromatic hydroxyl groups is 1. The number of fused-ring (bicyclic) bond motifs is 1. The van der Waals surface area contributed by atoms with Crippen LogP contribution in [0.2, 0.25) is 0 Å². The standard InChI is InChI=1S/C31H38O18/c1-41-14-7-16(43-3)15(42-2)5-11(14)12-9-45-29-20(21(12)34)13(33)6-17(28(29)44-4)47-31-27(40)25(38)23(36)19(49-31)10-46-30-26(39)24(37)22(35)18(8-32)48-30/h5-7,9,18-19,22-27,30-33,35-40H,8,10H2,1-4H3. The van der Waals surface area contributed by atoms with Crippen molar-refractivity contribution in [2.45, 2.75) is 61.4 Å². The van der Waals surface area contributed by atoms with Crippen molar-refractivity contribution in [2.75, 3.05) is 41.7 Å². The fraction of sp³-hybridized carbons (Fsp3) is 0.516. The molecule has 270 valence electrons. The van der Waals surface area contributed by atoms with Gasteiger partial charge in [-0.2, -0.15) is 0 Å². The van der Waals surface area contributed by atoms with E-state index in [9.17, 15) is 45.6 Å². The van der Waals surface area contributed by atoms with E-state index in [0.29, 0.717) is 11.5 Å². The predicted octanol–water partition coefficient (Wildman–Crippen LogP) is -1.80. The zero-order valence-electron chi connectivity index (χ0n) is 26.7. The van der Waals surface area contributed by atoms with Gasteiger partial charge in [0.15, 0.2) is 29.1 Å². The van der Waals surface area contributed by atoms with Crippen molar-refractivity contribution in [1.29, 1.82) is 0 Å². The first-order valence-electron chi connectivity index (χ1n) is 14.8. The number of phenolic OH excluding ortho intramolecular Hbond substituents is 1. The van der Waals surface area contributed by atoms with E-state index in [0.717, 1.165) is 12.3 Å². The summed E-state index contributed by atoms with van der Waals surface area (Å²) in [4.78, 5) is 13.8. The Hall–Kier alpha value is -3.95. The van der Waals surface area contributed by atoms with Crippen LogP contribution in [-0.2, 0) is 14.2 Å². The van der Waals surface area contributed by atoms with Crippen molar-refractivity contribution in [1.82, 2.24) is 0 Å². The van der Waals surface area contributed by atoms with Gasteiger partial charge in [-0.05, 0) is 6.07 Å². The van der Waals surface area contributed by atoms with Gasteiger partial charge in [0.25, 0.3) is 0 Å². The molecule has 2 saturated heterocycles. The van der Waals surface area contributed by atoms with Gasteiger partial charge in [0.2, 0.25) is 17.5 Å². The Morgan fingerprint density at radius 1 is 0.673 bits per heavy atom. The monoisotopic (exact) mass is 698 g/mol. The van der Waals surface area contributed by atoms with E-state index in [1.165, 1.54) is 40.6 Å². The summed E-state index contributed by atoms with van der Waals surface area (Å²) >= 11 is 0. The molecule has 10 unspecified atom stereocenters. The van der Waals surface area contributed by atoms with E-state index in [1.807, 2.05) is 0 Å². The third-order valence-corrected chi connectivity index (χ3v) is 8.33. The van der Waals surface area contributed by atoms with E-state index in [4.69, 9.17) is 42.3 Å². The summed E-state index contributed by atoms with van der Waals surface area (Å²) < 4.78 is 49.5. The second-order valence-electron chi connectivity index (χ2n) is 11.2. The number of rotatable bonds is 11. The van der Waals surface area contributed by atoms with Crippen LogP contribution in [0.25, 0.3) is 22.1 Å². The van der Waals surface area contributed by atoms with Crippen LogP contribution >= 0.6 is 0 Å². The van der Waals surface area contributed by atoms with Crippen LogP contribution < -0.4 is 29.1 Å². The summed E-state index contributed by atoms with van der Waals surface area (Å²) in [6.45, 7) is -1.31. The molecule has 1 aromatic heterocycles. The number of methoxy groups -OCH3 is 4. The molecule has 0 saturated carbocycles. The highest BCUT2D eigenvalue weighted by Crippen LogP contribution is 2.44. The van der Waals surface area contributed by atoms with E-state index >= 15 is 0 Å². The van der Waals surface area contributed by atoms with E-state index in [-0.39, 0.29) is 39.3 Å². The lowest BCUT2D eigenvalue weighted by Gasteiger charge is -2.42. The van der Waals surface area contributed by atoms with Gasteiger partial charge in [-0.25, -0.2) is 0 Å². The Balaban J connectivity index is 1.43. The fourth-order valence-electron chi connectivity index (χ4n) is 5.62. The Morgan fingerprint density at radius 3 is 1.88 bits per heavy atom. The molecule has 49 heavy (non-hydrogen) atoms. The number of benzene rings is 2. The highest BCUT2D eigenvalue weighted by molar-refractivity contribution is 5.93. The summed E-state index contributed by atoms with van der Waals surface area (Å²) in [7, 11) is 5.46. The van der Waals surface area contributed by atoms with Gasteiger partial charge in [-0.3, -0.25) is 4.79 Å². The second kappa shape index (κ2) is 14.9. The molecular formula is C31H38O18. The minimum atomic E-state index is -1.87. The normalized spacial score (nSPS) is 30.2. The van der Waals surface area contributed by atoms with Crippen LogP contribution in [-0.4, -0.2) is 144 Å². The van der Waals surface area contributed by atoms with E-state index in [2.05, 4.69) is 0 Å². The molecule has 0 aliphatic carbocycles. The van der Waals surface area contributed by atoms with Crippen molar-refractivity contribution < 1.29 is 83.2 Å². The Labute approximate surface area is 277 Å². The molecule has 10 atom stereocenters. The van der Waals surface area contributed by atoms with Crippen LogP contribution in [0.4, 0.5) is 0 Å². The SMILES string of the molecule is COc1cc(OC)c(-c2coc3c(OC)c(OC4OC(COC5OC(CO)C(O)C(O)C5O)C(O)C(O)C4O)cc(O)c3c2=O)cc1OC. The maximum absolute atomic E-state index is 13.8. The zero-order chi connectivity index (χ0) is 35.7. The average Bonchev–Trinajstić information content (AvgIpc) is 3.10. The predicted molar refractivity (Wildman–Crippen MR) is 163 cm³/mol. The van der Waals surface area contributed by atoms with Crippen molar-refractivity contribution in [3.05, 3.63) is 34.7 Å². The third-order valence-electron chi connectivity index (χ3n) is 8.33. The maximum Gasteiger partial charge on any atom is 0.229 e. The highest BCUT2D eigenvalue weighted by Gasteiger charge is 2.48. The molecule has 2 aromatic carbocycles. The molecule has 5 rings (SSSR count). The molecule has 0 bridgehead atoms. The number of ether oxygens (including phenoxy) is 8. The van der Waals surface area contributed by atoms with Gasteiger partial charge >= 0.3 is 0 Å². The quantitative estimate of drug-likeness (QED) is 0.110. The van der Waals surface area contributed by atoms with Crippen LogP contribution in [0.15, 0.2) is 33.7 Å². The lowest BCUT2D eigenvalue weighted by atomic mass is 9.98. The molecular weight excluding hydrogens is 660 g/mol. The van der Waals surface area contributed by atoms with Crippen LogP contribution in [0.3, 0.4) is 0 Å². The summed E-state index contributed by atoms with van der Waals surface area (Å²) in [5, 5.41) is 82.3. The van der Waals surface area contributed by atoms with Crippen LogP contribution in [0, 0.1) is 0 Å². The number of aliphatic hydroxyl groups is 7. The minimum absolute atomic E-state index is 0.0123. The van der Waals surface area contributed by atoms with Gasteiger partial charge < -0.3 is 83.2 Å². The molecule has 0 amide bonds. The molecule has 8 N–H and O–H groups in total. The maximum atomic E-state index is 13.8. The van der Waals surface area contributed by atoms with E-state index in [1.54, 1.807) is 0 Å². The molecule has 0 spiro atoms. The number of phenols is 1.